The number of anilines is 1. The maximum Gasteiger partial charge on any atom is 0.262 e. The molecule has 0 saturated carbocycles. The summed E-state index contributed by atoms with van der Waals surface area (Å²) < 4.78 is 6.80. The summed E-state index contributed by atoms with van der Waals surface area (Å²) in [5, 5.41) is 2.14. The topological polar surface area (TPSA) is 120 Å². The highest BCUT2D eigenvalue weighted by molar-refractivity contribution is 6.23. The normalized spacial score (nSPS) is 13.0. The van der Waals surface area contributed by atoms with E-state index in [4.69, 9.17) is 10.2 Å². The maximum absolute atomic E-state index is 12.5. The summed E-state index contributed by atoms with van der Waals surface area (Å²) in [6.07, 6.45) is 0. The molecule has 3 heterocycles. The fourth-order valence-corrected chi connectivity index (χ4v) is 2.92. The third kappa shape index (κ3) is 2.23. The number of aryl methyl sites for hydroxylation is 2. The lowest BCUT2D eigenvalue weighted by atomic mass is 10.1. The number of nitrogens with zero attached hydrogens (tertiary/aromatic N) is 2. The average Bonchev–Trinajstić information content (AvgIpc) is 3.07. The van der Waals surface area contributed by atoms with E-state index in [1.54, 1.807) is 24.3 Å². The van der Waals surface area contributed by atoms with Crippen LogP contribution in [0.25, 0.3) is 17.1 Å². The van der Waals surface area contributed by atoms with Crippen molar-refractivity contribution in [2.45, 2.75) is 13.8 Å². The van der Waals surface area contributed by atoms with Gasteiger partial charge in [0, 0.05) is 11.6 Å². The quantitative estimate of drug-likeness (QED) is 0.677. The van der Waals surface area contributed by atoms with Crippen LogP contribution < -0.4 is 16.6 Å². The summed E-state index contributed by atoms with van der Waals surface area (Å²) in [4.78, 5) is 40.6. The second kappa shape index (κ2) is 5.41. The Balaban J connectivity index is 1.91. The highest BCUT2D eigenvalue weighted by Crippen LogP contribution is 2.26. The number of imide groups is 1. The number of pyridine rings is 1. The van der Waals surface area contributed by atoms with Crippen LogP contribution in [0.1, 0.15) is 32.2 Å². The molecule has 0 saturated heterocycles. The van der Waals surface area contributed by atoms with Gasteiger partial charge in [-0.2, -0.15) is 0 Å². The van der Waals surface area contributed by atoms with E-state index >= 15 is 0 Å². The van der Waals surface area contributed by atoms with Crippen molar-refractivity contribution in [2.75, 3.05) is 5.73 Å². The number of hydrogen-bond acceptors (Lipinski definition) is 6. The van der Waals surface area contributed by atoms with Crippen molar-refractivity contribution in [1.82, 2.24) is 14.9 Å². The first-order valence-electron chi connectivity index (χ1n) is 7.83. The van der Waals surface area contributed by atoms with E-state index in [9.17, 15) is 14.4 Å². The smallest absolute Gasteiger partial charge is 0.262 e. The summed E-state index contributed by atoms with van der Waals surface area (Å²) >= 11 is 0. The van der Waals surface area contributed by atoms with Gasteiger partial charge in [0.1, 0.15) is 11.6 Å². The van der Waals surface area contributed by atoms with Crippen LogP contribution in [-0.2, 0) is 0 Å². The Bertz CT molecular complexity index is 1140. The molecular weight excluding hydrogens is 336 g/mol. The number of carbonyl (C=O) groups is 2. The zero-order valence-corrected chi connectivity index (χ0v) is 14.0. The standard InChI is InChI=1S/C18H14N4O4/c1-8-9(2)26-18(20-8)10-4-3-5-11(6-10)22-13(23)7-12-14(15(22)19)17(25)21-16(12)24/h3-7H,19H2,1-2H3,(H,21,24,25). The molecule has 2 aromatic heterocycles. The summed E-state index contributed by atoms with van der Waals surface area (Å²) in [6, 6.07) is 7.98. The first kappa shape index (κ1) is 15.8. The molecular formula is C18H14N4O4. The molecule has 0 aliphatic carbocycles. The van der Waals surface area contributed by atoms with Crippen LogP contribution in [-0.4, -0.2) is 21.4 Å². The number of nitrogens with two attached hydrogens (primary N) is 1. The Morgan fingerprint density at radius 2 is 1.88 bits per heavy atom. The predicted octanol–water partition coefficient (Wildman–Crippen LogP) is 1.58. The molecule has 3 aromatic rings. The van der Waals surface area contributed by atoms with Gasteiger partial charge in [-0.3, -0.25) is 24.3 Å². The monoisotopic (exact) mass is 350 g/mol. The molecule has 1 aliphatic rings. The number of carbonyl (C=O) groups excluding carboxylic acids is 2. The van der Waals surface area contributed by atoms with E-state index in [-0.39, 0.29) is 16.9 Å². The molecule has 1 aliphatic heterocycles. The molecule has 0 unspecified atom stereocenters. The molecule has 4 rings (SSSR count). The minimum absolute atomic E-state index is 0.00261. The van der Waals surface area contributed by atoms with Crippen LogP contribution in [0, 0.1) is 13.8 Å². The van der Waals surface area contributed by atoms with Crippen LogP contribution in [0.2, 0.25) is 0 Å². The maximum atomic E-state index is 12.5. The number of nitrogen functional groups attached to an aromatic ring is 1. The van der Waals surface area contributed by atoms with Crippen molar-refractivity contribution in [3.63, 3.8) is 0 Å². The van der Waals surface area contributed by atoms with E-state index in [1.165, 1.54) is 4.57 Å². The number of rotatable bonds is 2. The van der Waals surface area contributed by atoms with Crippen LogP contribution in [0.15, 0.2) is 39.5 Å². The molecule has 26 heavy (non-hydrogen) atoms. The van der Waals surface area contributed by atoms with Crippen molar-refractivity contribution in [2.24, 2.45) is 0 Å². The fraction of sp³-hybridized carbons (Fsp3) is 0.111. The molecule has 1 aromatic carbocycles. The molecule has 130 valence electrons. The Hall–Kier alpha value is -3.68. The number of hydrogen-bond donors (Lipinski definition) is 2. The van der Waals surface area contributed by atoms with Crippen molar-refractivity contribution in [1.29, 1.82) is 0 Å². The van der Waals surface area contributed by atoms with Gasteiger partial charge in [0.05, 0.1) is 22.5 Å². The lowest BCUT2D eigenvalue weighted by Crippen LogP contribution is -2.24. The van der Waals surface area contributed by atoms with E-state index in [2.05, 4.69) is 10.3 Å². The molecule has 8 nitrogen and oxygen atoms in total. The molecule has 0 bridgehead atoms. The average molecular weight is 350 g/mol. The number of fused-ring (bicyclic) bond motifs is 1. The lowest BCUT2D eigenvalue weighted by Gasteiger charge is -2.12. The van der Waals surface area contributed by atoms with Gasteiger partial charge in [0.25, 0.3) is 17.4 Å². The Morgan fingerprint density at radius 3 is 2.58 bits per heavy atom. The second-order valence-electron chi connectivity index (χ2n) is 5.99. The van der Waals surface area contributed by atoms with Gasteiger partial charge < -0.3 is 10.2 Å². The Morgan fingerprint density at radius 1 is 1.12 bits per heavy atom. The van der Waals surface area contributed by atoms with Crippen LogP contribution >= 0.6 is 0 Å². The molecule has 0 radical (unpaired) electrons. The van der Waals surface area contributed by atoms with Gasteiger partial charge in [-0.05, 0) is 32.0 Å². The summed E-state index contributed by atoms with van der Waals surface area (Å²) in [5.74, 6) is -0.211. The zero-order valence-electron chi connectivity index (χ0n) is 14.0. The summed E-state index contributed by atoms with van der Waals surface area (Å²) in [5.41, 5.74) is 7.40. The molecule has 2 amide bonds. The minimum Gasteiger partial charge on any atom is -0.441 e. The Labute approximate surface area is 147 Å². The number of nitrogens with one attached hydrogen (secondary N) is 1. The third-order valence-electron chi connectivity index (χ3n) is 4.33. The number of oxazole rings is 1. The molecule has 3 N–H and O–H groups in total. The van der Waals surface area contributed by atoms with Crippen molar-refractivity contribution >= 4 is 17.6 Å². The van der Waals surface area contributed by atoms with E-state index in [0.29, 0.717) is 22.9 Å². The van der Waals surface area contributed by atoms with Gasteiger partial charge >= 0.3 is 0 Å². The summed E-state index contributed by atoms with van der Waals surface area (Å²) in [7, 11) is 0. The van der Waals surface area contributed by atoms with Gasteiger partial charge in [-0.1, -0.05) is 6.07 Å². The van der Waals surface area contributed by atoms with Crippen molar-refractivity contribution in [3.05, 3.63) is 63.3 Å². The zero-order chi connectivity index (χ0) is 18.6. The largest absolute Gasteiger partial charge is 0.441 e. The van der Waals surface area contributed by atoms with E-state index in [1.807, 2.05) is 13.8 Å². The second-order valence-corrected chi connectivity index (χ2v) is 5.99. The van der Waals surface area contributed by atoms with Crippen LogP contribution in [0.5, 0.6) is 0 Å². The highest BCUT2D eigenvalue weighted by atomic mass is 16.4. The number of benzene rings is 1. The molecule has 8 heteroatoms. The van der Waals surface area contributed by atoms with E-state index in [0.717, 1.165) is 11.8 Å². The lowest BCUT2D eigenvalue weighted by molar-refractivity contribution is 0.0880. The SMILES string of the molecule is Cc1nc(-c2cccc(-n3c(N)c4c(cc3=O)C(=O)NC4=O)c2)oc1C. The number of aromatic nitrogens is 2. The highest BCUT2D eigenvalue weighted by Gasteiger charge is 2.31. The van der Waals surface area contributed by atoms with Crippen LogP contribution in [0.3, 0.4) is 0 Å². The predicted molar refractivity (Wildman–Crippen MR) is 93.2 cm³/mol. The molecule has 0 fully saturated rings. The van der Waals surface area contributed by atoms with Gasteiger partial charge in [0.2, 0.25) is 5.89 Å². The molecule has 0 atom stereocenters. The Kier molecular flexibility index (Phi) is 3.30. The number of amides is 2. The third-order valence-corrected chi connectivity index (χ3v) is 4.33. The van der Waals surface area contributed by atoms with Gasteiger partial charge in [0.15, 0.2) is 0 Å². The van der Waals surface area contributed by atoms with Crippen LogP contribution in [0.4, 0.5) is 5.82 Å². The van der Waals surface area contributed by atoms with Gasteiger partial charge in [-0.15, -0.1) is 0 Å². The fourth-order valence-electron chi connectivity index (χ4n) is 2.92. The minimum atomic E-state index is -0.625. The molecule has 0 spiro atoms. The van der Waals surface area contributed by atoms with Crippen molar-refractivity contribution < 1.29 is 14.0 Å². The summed E-state index contributed by atoms with van der Waals surface area (Å²) in [6.45, 7) is 3.65. The van der Waals surface area contributed by atoms with Gasteiger partial charge in [-0.25, -0.2) is 4.98 Å². The first-order valence-corrected chi connectivity index (χ1v) is 7.83. The van der Waals surface area contributed by atoms with Crippen molar-refractivity contribution in [3.8, 4) is 17.1 Å². The first-order chi connectivity index (χ1) is 12.4. The van der Waals surface area contributed by atoms with E-state index < -0.39 is 17.4 Å².